The van der Waals surface area contributed by atoms with Crippen molar-refractivity contribution in [2.24, 2.45) is 0 Å². The van der Waals surface area contributed by atoms with Crippen LogP contribution in [-0.2, 0) is 4.79 Å². The van der Waals surface area contributed by atoms with Gasteiger partial charge in [-0.3, -0.25) is 4.79 Å². The fraction of sp³-hybridized carbons (Fsp3) is 0.500. The molecule has 1 atom stereocenters. The van der Waals surface area contributed by atoms with Gasteiger partial charge in [0.05, 0.1) is 6.10 Å². The molecular formula is C14H20FNO3. The first-order valence-corrected chi connectivity index (χ1v) is 6.41. The van der Waals surface area contributed by atoms with E-state index in [1.54, 1.807) is 6.92 Å². The van der Waals surface area contributed by atoms with Crippen LogP contribution >= 0.6 is 0 Å². The van der Waals surface area contributed by atoms with Crippen molar-refractivity contribution in [2.45, 2.75) is 32.8 Å². The summed E-state index contributed by atoms with van der Waals surface area (Å²) in [6, 6.07) is 3.86. The molecule has 0 aromatic heterocycles. The third kappa shape index (κ3) is 5.26. The van der Waals surface area contributed by atoms with Gasteiger partial charge in [-0.15, -0.1) is 0 Å². The summed E-state index contributed by atoms with van der Waals surface area (Å²) in [7, 11) is 0. The number of unbranched alkanes of at least 4 members (excludes halogenated alkanes) is 1. The Morgan fingerprint density at radius 3 is 2.89 bits per heavy atom. The molecule has 5 heteroatoms. The molecule has 1 rings (SSSR count). The quantitative estimate of drug-likeness (QED) is 0.746. The van der Waals surface area contributed by atoms with Crippen molar-refractivity contribution in [3.05, 3.63) is 29.6 Å². The van der Waals surface area contributed by atoms with E-state index in [0.717, 1.165) is 12.8 Å². The molecule has 106 valence electrons. The summed E-state index contributed by atoms with van der Waals surface area (Å²) in [6.45, 7) is 4.00. The zero-order valence-corrected chi connectivity index (χ0v) is 11.3. The highest BCUT2D eigenvalue weighted by molar-refractivity contribution is 5.77. The first-order valence-electron chi connectivity index (χ1n) is 6.41. The molecule has 0 aliphatic rings. The number of rotatable bonds is 7. The van der Waals surface area contributed by atoms with E-state index in [1.807, 2.05) is 6.92 Å². The van der Waals surface area contributed by atoms with Crippen LogP contribution in [0.2, 0.25) is 0 Å². The van der Waals surface area contributed by atoms with E-state index in [9.17, 15) is 14.3 Å². The lowest BCUT2D eigenvalue weighted by molar-refractivity contribution is -0.123. The third-order valence-electron chi connectivity index (χ3n) is 2.64. The van der Waals surface area contributed by atoms with Crippen molar-refractivity contribution in [1.29, 1.82) is 0 Å². The summed E-state index contributed by atoms with van der Waals surface area (Å²) in [6.07, 6.45) is 1.13. The van der Waals surface area contributed by atoms with Crippen molar-refractivity contribution in [3.8, 4) is 5.75 Å². The molecule has 19 heavy (non-hydrogen) atoms. The van der Waals surface area contributed by atoms with Gasteiger partial charge in [0.25, 0.3) is 5.91 Å². The number of carbonyl (C=O) groups excluding carboxylic acids is 1. The van der Waals surface area contributed by atoms with Crippen molar-refractivity contribution >= 4 is 5.91 Å². The van der Waals surface area contributed by atoms with Gasteiger partial charge >= 0.3 is 0 Å². The lowest BCUT2D eigenvalue weighted by Crippen LogP contribution is -2.29. The van der Waals surface area contributed by atoms with Crippen molar-refractivity contribution in [2.75, 3.05) is 13.2 Å². The summed E-state index contributed by atoms with van der Waals surface area (Å²) >= 11 is 0. The molecule has 0 spiro atoms. The number of aliphatic hydroxyl groups is 1. The number of nitrogens with one attached hydrogen (secondary N) is 1. The number of carbonyl (C=O) groups is 1. The van der Waals surface area contributed by atoms with E-state index in [-0.39, 0.29) is 18.3 Å². The van der Waals surface area contributed by atoms with Crippen molar-refractivity contribution in [1.82, 2.24) is 5.32 Å². The predicted molar refractivity (Wildman–Crippen MR) is 70.4 cm³/mol. The van der Waals surface area contributed by atoms with Crippen LogP contribution < -0.4 is 10.1 Å². The molecule has 1 amide bonds. The van der Waals surface area contributed by atoms with Gasteiger partial charge in [0.15, 0.2) is 6.61 Å². The van der Waals surface area contributed by atoms with Crippen molar-refractivity contribution < 1.29 is 19.0 Å². The maximum Gasteiger partial charge on any atom is 0.257 e. The average molecular weight is 269 g/mol. The van der Waals surface area contributed by atoms with E-state index < -0.39 is 11.9 Å². The van der Waals surface area contributed by atoms with Crippen LogP contribution in [0.4, 0.5) is 4.39 Å². The molecule has 0 heterocycles. The Morgan fingerprint density at radius 1 is 1.53 bits per heavy atom. The minimum Gasteiger partial charge on any atom is -0.483 e. The van der Waals surface area contributed by atoms with Gasteiger partial charge < -0.3 is 15.2 Å². The average Bonchev–Trinajstić information content (AvgIpc) is 2.36. The highest BCUT2D eigenvalue weighted by Crippen LogP contribution is 2.25. The number of hydrogen-bond acceptors (Lipinski definition) is 3. The Balaban J connectivity index is 2.56. The minimum atomic E-state index is -0.779. The number of amides is 1. The van der Waals surface area contributed by atoms with Gasteiger partial charge in [-0.2, -0.15) is 0 Å². The summed E-state index contributed by atoms with van der Waals surface area (Å²) in [5.41, 5.74) is 0.461. The topological polar surface area (TPSA) is 58.6 Å². The first-order chi connectivity index (χ1) is 9.04. The number of halogens is 1. The SMILES string of the molecule is CCCCNC(=O)COc1cc(F)ccc1[C@@H](C)O. The monoisotopic (exact) mass is 269 g/mol. The summed E-state index contributed by atoms with van der Waals surface area (Å²) in [5, 5.41) is 12.2. The molecule has 2 N–H and O–H groups in total. The Labute approximate surface area is 112 Å². The van der Waals surface area contributed by atoms with Crippen LogP contribution in [0.15, 0.2) is 18.2 Å². The predicted octanol–water partition coefficient (Wildman–Crippen LogP) is 2.17. The van der Waals surface area contributed by atoms with E-state index in [4.69, 9.17) is 4.74 Å². The van der Waals surface area contributed by atoms with Gasteiger partial charge in [-0.25, -0.2) is 4.39 Å². The molecule has 0 fully saturated rings. The lowest BCUT2D eigenvalue weighted by atomic mass is 10.1. The van der Waals surface area contributed by atoms with Gasteiger partial charge in [0.1, 0.15) is 11.6 Å². The zero-order valence-electron chi connectivity index (χ0n) is 11.3. The second-order valence-electron chi connectivity index (χ2n) is 4.35. The molecule has 0 bridgehead atoms. The molecule has 0 radical (unpaired) electrons. The molecule has 1 aromatic carbocycles. The van der Waals surface area contributed by atoms with Gasteiger partial charge in [0, 0.05) is 18.2 Å². The first kappa shape index (κ1) is 15.4. The van der Waals surface area contributed by atoms with Crippen LogP contribution in [-0.4, -0.2) is 24.2 Å². The standard InChI is InChI=1S/C14H20FNO3/c1-3-4-7-16-14(18)9-19-13-8-11(15)5-6-12(13)10(2)17/h5-6,8,10,17H,3-4,7,9H2,1-2H3,(H,16,18)/t10-/m1/s1. The van der Waals surface area contributed by atoms with E-state index in [0.29, 0.717) is 12.1 Å². The van der Waals surface area contributed by atoms with Crippen LogP contribution in [0.1, 0.15) is 38.4 Å². The number of benzene rings is 1. The number of hydrogen-bond donors (Lipinski definition) is 2. The van der Waals surface area contributed by atoms with Gasteiger partial charge in [-0.1, -0.05) is 13.3 Å². The number of aliphatic hydroxyl groups excluding tert-OH is 1. The fourth-order valence-corrected chi connectivity index (χ4v) is 1.58. The molecule has 1 aromatic rings. The molecular weight excluding hydrogens is 249 g/mol. The largest absolute Gasteiger partial charge is 0.483 e. The lowest BCUT2D eigenvalue weighted by Gasteiger charge is -2.13. The fourth-order valence-electron chi connectivity index (χ4n) is 1.58. The molecule has 0 saturated heterocycles. The highest BCUT2D eigenvalue weighted by Gasteiger charge is 2.11. The zero-order chi connectivity index (χ0) is 14.3. The Hall–Kier alpha value is -1.62. The molecule has 0 saturated carbocycles. The van der Waals surface area contributed by atoms with Crippen LogP contribution in [0.3, 0.4) is 0 Å². The van der Waals surface area contributed by atoms with Gasteiger partial charge in [0.2, 0.25) is 0 Å². The molecule has 4 nitrogen and oxygen atoms in total. The van der Waals surface area contributed by atoms with Crippen LogP contribution in [0, 0.1) is 5.82 Å². The second-order valence-corrected chi connectivity index (χ2v) is 4.35. The Bertz CT molecular complexity index is 421. The Morgan fingerprint density at radius 2 is 2.26 bits per heavy atom. The van der Waals surface area contributed by atoms with Crippen molar-refractivity contribution in [3.63, 3.8) is 0 Å². The number of ether oxygens (including phenoxy) is 1. The summed E-state index contributed by atoms with van der Waals surface area (Å²) in [5.74, 6) is -0.527. The third-order valence-corrected chi connectivity index (χ3v) is 2.64. The smallest absolute Gasteiger partial charge is 0.257 e. The van der Waals surface area contributed by atoms with Crippen LogP contribution in [0.25, 0.3) is 0 Å². The Kier molecular flexibility index (Phi) is 6.29. The van der Waals surface area contributed by atoms with E-state index in [1.165, 1.54) is 18.2 Å². The summed E-state index contributed by atoms with van der Waals surface area (Å²) < 4.78 is 18.4. The van der Waals surface area contributed by atoms with E-state index in [2.05, 4.69) is 5.32 Å². The summed E-state index contributed by atoms with van der Waals surface area (Å²) in [4.78, 5) is 11.5. The minimum absolute atomic E-state index is 0.188. The maximum absolute atomic E-state index is 13.1. The molecule has 0 aliphatic heterocycles. The van der Waals surface area contributed by atoms with Crippen LogP contribution in [0.5, 0.6) is 5.75 Å². The maximum atomic E-state index is 13.1. The second kappa shape index (κ2) is 7.74. The molecule has 0 aliphatic carbocycles. The highest BCUT2D eigenvalue weighted by atomic mass is 19.1. The molecule has 0 unspecified atom stereocenters. The van der Waals surface area contributed by atoms with Gasteiger partial charge in [-0.05, 0) is 25.5 Å². The van der Waals surface area contributed by atoms with E-state index >= 15 is 0 Å². The normalized spacial score (nSPS) is 12.0.